The summed E-state index contributed by atoms with van der Waals surface area (Å²) in [4.78, 5) is 12.6. The molecule has 0 aromatic rings. The normalized spacial score (nSPS) is 15.4. The highest BCUT2D eigenvalue weighted by Crippen LogP contribution is 2.34. The highest BCUT2D eigenvalue weighted by atomic mass is 32.2. The minimum Gasteiger partial charge on any atom is -0.748 e. The van der Waals surface area contributed by atoms with Crippen molar-refractivity contribution in [3.8, 4) is 0 Å². The van der Waals surface area contributed by atoms with Crippen LogP contribution in [-0.4, -0.2) is 62.8 Å². The van der Waals surface area contributed by atoms with Crippen LogP contribution < -0.4 is 5.32 Å². The fourth-order valence-corrected chi connectivity index (χ4v) is 3.61. The maximum Gasteiger partial charge on any atom is 0.226 e. The van der Waals surface area contributed by atoms with Crippen molar-refractivity contribution in [2.24, 2.45) is 17.3 Å². The summed E-state index contributed by atoms with van der Waals surface area (Å²) < 4.78 is 32.6. The highest BCUT2D eigenvalue weighted by molar-refractivity contribution is 7.85. The van der Waals surface area contributed by atoms with Gasteiger partial charge in [-0.1, -0.05) is 34.6 Å². The van der Waals surface area contributed by atoms with E-state index in [-0.39, 0.29) is 23.0 Å². The quantitative estimate of drug-likeness (QED) is 0.320. The molecule has 0 aromatic heterocycles. The minimum atomic E-state index is -4.13. The molecule has 0 heterocycles. The number of hydrogen-bond donors (Lipinski definition) is 1. The van der Waals surface area contributed by atoms with E-state index in [0.29, 0.717) is 29.9 Å². The maximum atomic E-state index is 12.6. The summed E-state index contributed by atoms with van der Waals surface area (Å²) in [6.07, 6.45) is 2.05. The van der Waals surface area contributed by atoms with Crippen molar-refractivity contribution in [1.29, 1.82) is 0 Å². The Labute approximate surface area is 154 Å². The molecule has 0 aliphatic carbocycles. The lowest BCUT2D eigenvalue weighted by Gasteiger charge is -2.34. The first-order valence-corrected chi connectivity index (χ1v) is 10.8. The topological polar surface area (TPSA) is 86.3 Å². The van der Waals surface area contributed by atoms with Gasteiger partial charge in [-0.3, -0.25) is 4.79 Å². The van der Waals surface area contributed by atoms with E-state index in [4.69, 9.17) is 0 Å². The fraction of sp³-hybridized carbons (Fsp3) is 0.944. The second kappa shape index (κ2) is 9.88. The Kier molecular flexibility index (Phi) is 9.62. The molecule has 1 unspecified atom stereocenters. The molecular weight excluding hydrogens is 340 g/mol. The smallest absolute Gasteiger partial charge is 0.226 e. The van der Waals surface area contributed by atoms with Crippen LogP contribution in [0.5, 0.6) is 0 Å². The molecule has 25 heavy (non-hydrogen) atoms. The highest BCUT2D eigenvalue weighted by Gasteiger charge is 2.36. The van der Waals surface area contributed by atoms with Gasteiger partial charge in [-0.15, -0.1) is 0 Å². The van der Waals surface area contributed by atoms with Crippen molar-refractivity contribution < 1.29 is 22.2 Å². The van der Waals surface area contributed by atoms with Crippen molar-refractivity contribution >= 4 is 16.0 Å². The van der Waals surface area contributed by atoms with Gasteiger partial charge in [0.25, 0.3) is 0 Å². The van der Waals surface area contributed by atoms with Crippen molar-refractivity contribution in [2.45, 2.75) is 53.9 Å². The predicted octanol–water partition coefficient (Wildman–Crippen LogP) is 2.21. The Hall–Kier alpha value is -0.660. The number of carbonyl (C=O) groups excluding carboxylic acids is 1. The van der Waals surface area contributed by atoms with Gasteiger partial charge < -0.3 is 14.4 Å². The standard InChI is InChI=1S/C18H38N2O4S/c1-15(2)14-18(5,16(3)4)17(21)19-10-8-11-20(6,7)12-9-13-25(22,23)24/h15-16H,8-14H2,1-7H3,(H-,19,21,22,23,24). The Bertz CT molecular complexity index is 515. The molecule has 6 nitrogen and oxygen atoms in total. The third-order valence-electron chi connectivity index (χ3n) is 5.01. The van der Waals surface area contributed by atoms with Gasteiger partial charge in [0, 0.05) is 30.6 Å². The Morgan fingerprint density at radius 1 is 1.12 bits per heavy atom. The van der Waals surface area contributed by atoms with Crippen LogP contribution in [0.3, 0.4) is 0 Å². The number of carbonyl (C=O) groups is 1. The monoisotopic (exact) mass is 378 g/mol. The van der Waals surface area contributed by atoms with Crippen LogP contribution in [0.15, 0.2) is 0 Å². The molecule has 0 aromatic carbocycles. The van der Waals surface area contributed by atoms with Crippen LogP contribution >= 0.6 is 0 Å². The van der Waals surface area contributed by atoms with Crippen molar-refractivity contribution in [2.75, 3.05) is 39.5 Å². The fourth-order valence-electron chi connectivity index (χ4n) is 3.13. The lowest BCUT2D eigenvalue weighted by Crippen LogP contribution is -2.46. The van der Waals surface area contributed by atoms with Gasteiger partial charge in [0.15, 0.2) is 0 Å². The Morgan fingerprint density at radius 2 is 1.64 bits per heavy atom. The summed E-state index contributed by atoms with van der Waals surface area (Å²) in [6.45, 7) is 12.6. The number of nitrogens with zero attached hydrogens (tertiary/aromatic N) is 1. The molecule has 150 valence electrons. The molecule has 0 saturated heterocycles. The molecule has 1 N–H and O–H groups in total. The molecule has 0 aliphatic rings. The van der Waals surface area contributed by atoms with E-state index in [1.54, 1.807) is 0 Å². The average Bonchev–Trinajstić information content (AvgIpc) is 2.40. The summed E-state index contributed by atoms with van der Waals surface area (Å²) >= 11 is 0. The molecule has 0 spiro atoms. The molecule has 1 amide bonds. The molecule has 0 bridgehead atoms. The van der Waals surface area contributed by atoms with Gasteiger partial charge >= 0.3 is 0 Å². The van der Waals surface area contributed by atoms with Crippen LogP contribution in [-0.2, 0) is 14.9 Å². The van der Waals surface area contributed by atoms with E-state index in [9.17, 15) is 17.8 Å². The van der Waals surface area contributed by atoms with Crippen LogP contribution in [0.2, 0.25) is 0 Å². The van der Waals surface area contributed by atoms with E-state index in [1.165, 1.54) is 0 Å². The van der Waals surface area contributed by atoms with Gasteiger partial charge in [-0.05, 0) is 18.3 Å². The third-order valence-corrected chi connectivity index (χ3v) is 5.80. The van der Waals surface area contributed by atoms with Crippen LogP contribution in [0.4, 0.5) is 0 Å². The first-order chi connectivity index (χ1) is 11.2. The van der Waals surface area contributed by atoms with Gasteiger partial charge in [0.1, 0.15) is 0 Å². The minimum absolute atomic E-state index is 0.110. The number of hydrogen-bond acceptors (Lipinski definition) is 4. The Morgan fingerprint density at radius 3 is 2.08 bits per heavy atom. The summed E-state index contributed by atoms with van der Waals surface area (Å²) in [5.41, 5.74) is -0.360. The number of quaternary nitrogens is 1. The van der Waals surface area contributed by atoms with Crippen molar-refractivity contribution in [1.82, 2.24) is 5.32 Å². The van der Waals surface area contributed by atoms with E-state index in [1.807, 2.05) is 21.0 Å². The largest absolute Gasteiger partial charge is 0.748 e. The summed E-state index contributed by atoms with van der Waals surface area (Å²) in [5.74, 6) is 0.536. The van der Waals surface area contributed by atoms with E-state index in [2.05, 4.69) is 33.0 Å². The molecule has 0 radical (unpaired) electrons. The lowest BCUT2D eigenvalue weighted by atomic mass is 9.72. The number of nitrogens with one attached hydrogen (secondary N) is 1. The molecule has 0 aliphatic heterocycles. The summed E-state index contributed by atoms with van der Waals surface area (Å²) in [6, 6.07) is 0. The predicted molar refractivity (Wildman–Crippen MR) is 101 cm³/mol. The second-order valence-corrected chi connectivity index (χ2v) is 10.3. The molecular formula is C18H38N2O4S. The van der Waals surface area contributed by atoms with Gasteiger partial charge in [-0.25, -0.2) is 8.42 Å². The SMILES string of the molecule is CC(C)CC(C)(C(=O)NCCC[N+](C)(C)CCCS(=O)(=O)[O-])C(C)C. The zero-order chi connectivity index (χ0) is 19.9. The van der Waals surface area contributed by atoms with Crippen molar-refractivity contribution in [3.05, 3.63) is 0 Å². The lowest BCUT2D eigenvalue weighted by molar-refractivity contribution is -0.890. The summed E-state index contributed by atoms with van der Waals surface area (Å²) in [7, 11) is -0.114. The number of amides is 1. The van der Waals surface area contributed by atoms with Crippen LogP contribution in [0.25, 0.3) is 0 Å². The molecule has 7 heteroatoms. The van der Waals surface area contributed by atoms with Gasteiger partial charge in [0.2, 0.25) is 5.91 Å². The second-order valence-electron chi connectivity index (χ2n) is 8.78. The van der Waals surface area contributed by atoms with Crippen LogP contribution in [0, 0.1) is 17.3 Å². The molecule has 0 rings (SSSR count). The summed E-state index contributed by atoms with van der Waals surface area (Å²) in [5, 5.41) is 3.07. The maximum absolute atomic E-state index is 12.6. The zero-order valence-electron chi connectivity index (χ0n) is 17.1. The first kappa shape index (κ1) is 24.3. The Balaban J connectivity index is 4.34. The molecule has 0 saturated carbocycles. The first-order valence-electron chi connectivity index (χ1n) is 9.23. The molecule has 1 atom stereocenters. The van der Waals surface area contributed by atoms with E-state index >= 15 is 0 Å². The zero-order valence-corrected chi connectivity index (χ0v) is 17.9. The third kappa shape index (κ3) is 10.2. The van der Waals surface area contributed by atoms with E-state index < -0.39 is 10.1 Å². The van der Waals surface area contributed by atoms with E-state index in [0.717, 1.165) is 19.4 Å². The molecule has 0 fully saturated rings. The van der Waals surface area contributed by atoms with Crippen molar-refractivity contribution in [3.63, 3.8) is 0 Å². The van der Waals surface area contributed by atoms with Gasteiger partial charge in [-0.2, -0.15) is 0 Å². The van der Waals surface area contributed by atoms with Crippen LogP contribution in [0.1, 0.15) is 53.9 Å². The van der Waals surface area contributed by atoms with Gasteiger partial charge in [0.05, 0.1) is 37.3 Å². The average molecular weight is 379 g/mol. The number of rotatable bonds is 12.